The van der Waals surface area contributed by atoms with Crippen LogP contribution in [-0.4, -0.2) is 23.3 Å². The van der Waals surface area contributed by atoms with Gasteiger partial charge in [0.15, 0.2) is 0 Å². The summed E-state index contributed by atoms with van der Waals surface area (Å²) in [5, 5.41) is 13.8. The predicted molar refractivity (Wildman–Crippen MR) is 108 cm³/mol. The summed E-state index contributed by atoms with van der Waals surface area (Å²) >= 11 is 6.03. The van der Waals surface area contributed by atoms with Gasteiger partial charge in [0.05, 0.1) is 15.5 Å². The number of hydrogen-bond acceptors (Lipinski definition) is 4. The van der Waals surface area contributed by atoms with E-state index in [-0.39, 0.29) is 28.1 Å². The van der Waals surface area contributed by atoms with Crippen molar-refractivity contribution in [1.82, 2.24) is 0 Å². The minimum absolute atomic E-state index is 0.0326. The highest BCUT2D eigenvalue weighted by molar-refractivity contribution is 6.34. The number of aryl methyl sites for hydroxylation is 1. The Hall–Kier alpha value is -2.93. The lowest BCUT2D eigenvalue weighted by molar-refractivity contribution is -0.384. The molecule has 1 N–H and O–H groups in total. The lowest BCUT2D eigenvalue weighted by Gasteiger charge is -2.31. The van der Waals surface area contributed by atoms with Crippen molar-refractivity contribution in [2.45, 2.75) is 26.7 Å². The highest BCUT2D eigenvalue weighted by Crippen LogP contribution is 2.31. The van der Waals surface area contributed by atoms with E-state index in [9.17, 15) is 19.7 Å². The van der Waals surface area contributed by atoms with Gasteiger partial charge in [-0.05, 0) is 42.7 Å². The number of nitrogens with one attached hydrogen (secondary N) is 1. The van der Waals surface area contributed by atoms with Gasteiger partial charge in [-0.15, -0.1) is 0 Å². The van der Waals surface area contributed by atoms with Crippen molar-refractivity contribution in [1.29, 1.82) is 0 Å². The number of non-ortho nitro benzene ring substituents is 1. The maximum absolute atomic E-state index is 12.6. The Labute approximate surface area is 167 Å². The number of anilines is 2. The number of benzene rings is 2. The predicted octanol–water partition coefficient (Wildman–Crippen LogP) is 4.44. The topological polar surface area (TPSA) is 92.6 Å². The fraction of sp³-hybridized carbons (Fsp3) is 0.300. The Morgan fingerprint density at radius 1 is 1.21 bits per heavy atom. The van der Waals surface area contributed by atoms with Gasteiger partial charge in [-0.3, -0.25) is 19.7 Å². The zero-order chi connectivity index (χ0) is 20.4. The fourth-order valence-corrected chi connectivity index (χ4v) is 3.42. The van der Waals surface area contributed by atoms with Gasteiger partial charge >= 0.3 is 0 Å². The van der Waals surface area contributed by atoms with E-state index in [0.29, 0.717) is 12.2 Å². The molecule has 8 heteroatoms. The molecule has 0 unspecified atom stereocenters. The van der Waals surface area contributed by atoms with Crippen LogP contribution in [-0.2, 0) is 11.2 Å². The maximum Gasteiger partial charge on any atom is 0.270 e. The largest absolute Gasteiger partial charge is 0.322 e. The van der Waals surface area contributed by atoms with Crippen LogP contribution in [0.2, 0.25) is 5.02 Å². The van der Waals surface area contributed by atoms with E-state index in [2.05, 4.69) is 5.32 Å². The van der Waals surface area contributed by atoms with E-state index < -0.39 is 10.8 Å². The van der Waals surface area contributed by atoms with Gasteiger partial charge in [-0.1, -0.05) is 25.4 Å². The van der Waals surface area contributed by atoms with Crippen LogP contribution >= 0.6 is 11.6 Å². The molecule has 146 valence electrons. The van der Waals surface area contributed by atoms with Crippen molar-refractivity contribution >= 4 is 40.5 Å². The molecule has 2 aromatic carbocycles. The first kappa shape index (κ1) is 19.8. The fourth-order valence-electron chi connectivity index (χ4n) is 3.21. The van der Waals surface area contributed by atoms with Gasteiger partial charge in [-0.25, -0.2) is 0 Å². The third-order valence-corrected chi connectivity index (χ3v) is 4.95. The number of carbonyl (C=O) groups excluding carboxylic acids is 2. The highest BCUT2D eigenvalue weighted by Gasteiger charge is 2.25. The normalized spacial score (nSPS) is 13.2. The van der Waals surface area contributed by atoms with E-state index in [1.807, 2.05) is 26.0 Å². The molecule has 7 nitrogen and oxygen atoms in total. The van der Waals surface area contributed by atoms with Crippen LogP contribution in [0.3, 0.4) is 0 Å². The molecule has 1 aliphatic rings. The van der Waals surface area contributed by atoms with Crippen LogP contribution in [0.25, 0.3) is 0 Å². The van der Waals surface area contributed by atoms with Gasteiger partial charge in [0, 0.05) is 36.0 Å². The summed E-state index contributed by atoms with van der Waals surface area (Å²) in [5.41, 5.74) is 2.21. The molecular formula is C20H20ClN3O4. The van der Waals surface area contributed by atoms with Crippen LogP contribution < -0.4 is 10.2 Å². The molecule has 0 radical (unpaired) electrons. The van der Waals surface area contributed by atoms with E-state index in [1.54, 1.807) is 11.0 Å². The van der Waals surface area contributed by atoms with E-state index in [1.165, 1.54) is 12.1 Å². The molecule has 0 spiro atoms. The number of rotatable bonds is 4. The van der Waals surface area contributed by atoms with Crippen LogP contribution in [0, 0.1) is 16.0 Å². The number of fused-ring (bicyclic) bond motifs is 1. The standard InChI is InChI=1S/C20H20ClN3O4/c1-12(2)20(26)23-9-3-4-13-10-14(5-8-18(13)23)22-19(25)16-11-15(24(27)28)6-7-17(16)21/h5-8,10-12H,3-4,9H2,1-2H3,(H,22,25). The number of hydrogen-bond donors (Lipinski definition) is 1. The summed E-state index contributed by atoms with van der Waals surface area (Å²) < 4.78 is 0. The molecule has 28 heavy (non-hydrogen) atoms. The van der Waals surface area contributed by atoms with Gasteiger partial charge in [0.2, 0.25) is 5.91 Å². The Morgan fingerprint density at radius 2 is 1.96 bits per heavy atom. The molecule has 2 aromatic rings. The van der Waals surface area contributed by atoms with Crippen molar-refractivity contribution in [2.24, 2.45) is 5.92 Å². The Kier molecular flexibility index (Phi) is 5.65. The van der Waals surface area contributed by atoms with Gasteiger partial charge in [0.25, 0.3) is 11.6 Å². The first-order chi connectivity index (χ1) is 13.3. The molecule has 1 aliphatic heterocycles. The summed E-state index contributed by atoms with van der Waals surface area (Å²) in [6, 6.07) is 9.10. The summed E-state index contributed by atoms with van der Waals surface area (Å²) in [5.74, 6) is -0.554. The Balaban J connectivity index is 1.85. The number of nitro benzene ring substituents is 1. The van der Waals surface area contributed by atoms with Gasteiger partial charge < -0.3 is 10.2 Å². The number of carbonyl (C=O) groups is 2. The molecule has 1 heterocycles. The SMILES string of the molecule is CC(C)C(=O)N1CCCc2cc(NC(=O)c3cc([N+](=O)[O-])ccc3Cl)ccc21. The number of amides is 2. The van der Waals surface area contributed by atoms with Crippen molar-refractivity contribution in [3.05, 3.63) is 62.7 Å². The lowest BCUT2D eigenvalue weighted by atomic mass is 9.99. The summed E-state index contributed by atoms with van der Waals surface area (Å²) in [4.78, 5) is 37.1. The molecule has 3 rings (SSSR count). The quantitative estimate of drug-likeness (QED) is 0.605. The summed E-state index contributed by atoms with van der Waals surface area (Å²) in [6.07, 6.45) is 1.65. The van der Waals surface area contributed by atoms with Gasteiger partial charge in [-0.2, -0.15) is 0 Å². The average Bonchev–Trinajstić information content (AvgIpc) is 2.66. The van der Waals surface area contributed by atoms with Crippen molar-refractivity contribution < 1.29 is 14.5 Å². The first-order valence-electron chi connectivity index (χ1n) is 8.97. The number of nitrogens with zero attached hydrogens (tertiary/aromatic N) is 2. The Morgan fingerprint density at radius 3 is 2.64 bits per heavy atom. The zero-order valence-corrected chi connectivity index (χ0v) is 16.3. The van der Waals surface area contributed by atoms with Crippen LogP contribution in [0.15, 0.2) is 36.4 Å². The molecule has 0 saturated carbocycles. The van der Waals surface area contributed by atoms with Crippen molar-refractivity contribution in [2.75, 3.05) is 16.8 Å². The van der Waals surface area contributed by atoms with E-state index in [4.69, 9.17) is 11.6 Å². The summed E-state index contributed by atoms with van der Waals surface area (Å²) in [7, 11) is 0. The number of halogens is 1. The molecule has 0 aliphatic carbocycles. The highest BCUT2D eigenvalue weighted by atomic mass is 35.5. The van der Waals surface area contributed by atoms with Crippen LogP contribution in [0.5, 0.6) is 0 Å². The van der Waals surface area contributed by atoms with Crippen LogP contribution in [0.4, 0.5) is 17.1 Å². The molecule has 0 aromatic heterocycles. The second-order valence-electron chi connectivity index (χ2n) is 6.97. The second kappa shape index (κ2) is 7.98. The minimum Gasteiger partial charge on any atom is -0.322 e. The molecule has 0 bridgehead atoms. The minimum atomic E-state index is -0.577. The first-order valence-corrected chi connectivity index (χ1v) is 9.35. The molecule has 0 fully saturated rings. The lowest BCUT2D eigenvalue weighted by Crippen LogP contribution is -2.38. The second-order valence-corrected chi connectivity index (χ2v) is 7.37. The van der Waals surface area contributed by atoms with Crippen molar-refractivity contribution in [3.8, 4) is 0 Å². The third-order valence-electron chi connectivity index (χ3n) is 4.62. The summed E-state index contributed by atoms with van der Waals surface area (Å²) in [6.45, 7) is 4.42. The van der Waals surface area contributed by atoms with E-state index in [0.717, 1.165) is 30.2 Å². The van der Waals surface area contributed by atoms with Crippen molar-refractivity contribution in [3.63, 3.8) is 0 Å². The monoisotopic (exact) mass is 401 g/mol. The van der Waals surface area contributed by atoms with Crippen LogP contribution in [0.1, 0.15) is 36.2 Å². The molecular weight excluding hydrogens is 382 g/mol. The molecule has 0 saturated heterocycles. The third kappa shape index (κ3) is 3.99. The Bertz CT molecular complexity index is 958. The zero-order valence-electron chi connectivity index (χ0n) is 15.6. The maximum atomic E-state index is 12.6. The average molecular weight is 402 g/mol. The molecule has 0 atom stereocenters. The van der Waals surface area contributed by atoms with E-state index >= 15 is 0 Å². The smallest absolute Gasteiger partial charge is 0.270 e. The van der Waals surface area contributed by atoms with Gasteiger partial charge in [0.1, 0.15) is 0 Å². The number of nitro groups is 1. The molecule has 2 amide bonds.